The molecule has 1 aliphatic rings. The molecule has 0 saturated carbocycles. The molecule has 7 heteroatoms. The van der Waals surface area contributed by atoms with E-state index in [1.54, 1.807) is 3.88 Å². The molecule has 0 aliphatic carbocycles. The Morgan fingerprint density at radius 3 is 2.73 bits per heavy atom. The van der Waals surface area contributed by atoms with Gasteiger partial charge in [0.1, 0.15) is 0 Å². The van der Waals surface area contributed by atoms with Crippen molar-refractivity contribution in [3.8, 4) is 0 Å². The Labute approximate surface area is 84.3 Å². The van der Waals surface area contributed by atoms with E-state index in [1.807, 2.05) is 0 Å². The first-order chi connectivity index (χ1) is 5.15. The Balaban J connectivity index is 2.53. The maximum absolute atomic E-state index is 11.0. The topological polar surface area (TPSA) is 40.6 Å². The average molecular weight is 279 g/mol. The fourth-order valence-electron chi connectivity index (χ4n) is 0.856. The predicted octanol–water partition coefficient (Wildman–Crippen LogP) is -5.07. The first kappa shape index (κ1) is 9.36. The summed E-state index contributed by atoms with van der Waals surface area (Å²) >= 11 is -0.199. The zero-order valence-corrected chi connectivity index (χ0v) is 10.2. The molecule has 2 amide bonds. The van der Waals surface area contributed by atoms with Crippen molar-refractivity contribution in [1.29, 1.82) is 0 Å². The van der Waals surface area contributed by atoms with E-state index in [0.717, 1.165) is 0 Å². The summed E-state index contributed by atoms with van der Waals surface area (Å²) in [6.07, 6.45) is 0. The van der Waals surface area contributed by atoms with Crippen LogP contribution in [0.15, 0.2) is 0 Å². The van der Waals surface area contributed by atoms with Gasteiger partial charge >= 0.3 is 84.6 Å². The fraction of sp³-hybridized carbons (Fsp3) is 0.500. The van der Waals surface area contributed by atoms with Crippen molar-refractivity contribution in [2.45, 2.75) is 0 Å². The molecule has 0 aromatic rings. The number of carbonyl (C=O) groups excluding carboxylic acids is 2. The van der Waals surface area contributed by atoms with Crippen LogP contribution in [0, 0.1) is 0 Å². The van der Waals surface area contributed by atoms with Gasteiger partial charge in [-0.3, -0.25) is 0 Å². The van der Waals surface area contributed by atoms with Crippen LogP contribution in [0.3, 0.4) is 0 Å². The SMILES string of the molecule is [B][I-]C(=O)N1CC(=O)[N]([AlH2])C1. The third-order valence-corrected chi connectivity index (χ3v) is 3.47. The van der Waals surface area contributed by atoms with Gasteiger partial charge in [-0.25, -0.2) is 0 Å². The average Bonchev–Trinajstić information content (AvgIpc) is 2.31. The Bertz CT molecular complexity index is 203. The standard InChI is InChI=1S/C4H5BIN2O2.Al.2H/c5-6-4(10)8-1-3(9)7-2-8;;;/h1-2H2,(H,7,9);;;/q-1;+1;;/p-1. The number of halogens is 1. The molecule has 0 aromatic heterocycles. The molecule has 0 aromatic carbocycles. The van der Waals surface area contributed by atoms with Crippen molar-refractivity contribution in [2.75, 3.05) is 13.2 Å². The molecule has 0 spiro atoms. The summed E-state index contributed by atoms with van der Waals surface area (Å²) < 4.78 is 1.60. The van der Waals surface area contributed by atoms with Crippen LogP contribution >= 0.6 is 0 Å². The zero-order valence-electron chi connectivity index (χ0n) is 6.08. The Kier molecular flexibility index (Phi) is 3.22. The minimum atomic E-state index is -0.884. The summed E-state index contributed by atoms with van der Waals surface area (Å²) in [5.41, 5.74) is 5.24. The Morgan fingerprint density at radius 1 is 1.73 bits per heavy atom. The predicted molar refractivity (Wildman–Crippen MR) is 38.1 cm³/mol. The van der Waals surface area contributed by atoms with Crippen molar-refractivity contribution in [3.05, 3.63) is 0 Å². The molecule has 1 saturated heterocycles. The maximum atomic E-state index is 11.0. The second-order valence-electron chi connectivity index (χ2n) is 2.29. The van der Waals surface area contributed by atoms with Gasteiger partial charge in [0, 0.05) is 0 Å². The monoisotopic (exact) mass is 279 g/mol. The van der Waals surface area contributed by atoms with Gasteiger partial charge in [0.15, 0.2) is 0 Å². The van der Waals surface area contributed by atoms with E-state index in [0.29, 0.717) is 23.2 Å². The van der Waals surface area contributed by atoms with Gasteiger partial charge < -0.3 is 0 Å². The molecule has 0 unspecified atom stereocenters. The molecule has 58 valence electrons. The molecule has 2 radical (unpaired) electrons. The summed E-state index contributed by atoms with van der Waals surface area (Å²) in [4.78, 5) is 23.5. The van der Waals surface area contributed by atoms with Crippen LogP contribution in [-0.4, -0.2) is 54.0 Å². The van der Waals surface area contributed by atoms with Gasteiger partial charge in [-0.1, -0.05) is 0 Å². The first-order valence-electron chi connectivity index (χ1n) is 3.01. The zero-order chi connectivity index (χ0) is 8.43. The number of amides is 2. The Morgan fingerprint density at radius 2 is 2.36 bits per heavy atom. The summed E-state index contributed by atoms with van der Waals surface area (Å²) in [5, 5.41) is 0. The van der Waals surface area contributed by atoms with Crippen LogP contribution in [0.5, 0.6) is 0 Å². The van der Waals surface area contributed by atoms with Crippen LogP contribution in [-0.2, 0) is 4.79 Å². The fourth-order valence-corrected chi connectivity index (χ4v) is 2.06. The molecule has 1 fully saturated rings. The van der Waals surface area contributed by atoms with Gasteiger partial charge in [0.2, 0.25) is 0 Å². The molecule has 1 aliphatic heterocycles. The van der Waals surface area contributed by atoms with E-state index in [2.05, 4.69) is 0 Å². The summed E-state index contributed by atoms with van der Waals surface area (Å²) in [6.45, 7) is 0.695. The van der Waals surface area contributed by atoms with Crippen LogP contribution in [0.2, 0.25) is 0 Å². The van der Waals surface area contributed by atoms with Gasteiger partial charge in [-0.2, -0.15) is 0 Å². The van der Waals surface area contributed by atoms with E-state index in [1.165, 1.54) is 4.90 Å². The van der Waals surface area contributed by atoms with Gasteiger partial charge in [0.05, 0.1) is 0 Å². The van der Waals surface area contributed by atoms with Crippen molar-refractivity contribution >= 4 is 32.0 Å². The molecule has 1 heterocycles. The van der Waals surface area contributed by atoms with Crippen molar-refractivity contribution in [1.82, 2.24) is 8.78 Å². The summed E-state index contributed by atoms with van der Waals surface area (Å²) in [5.74, 6) is 0.0440. The second-order valence-corrected chi connectivity index (χ2v) is 4.92. The number of carbonyl (C=O) groups is 2. The van der Waals surface area contributed by atoms with Gasteiger partial charge in [-0.15, -0.1) is 0 Å². The number of rotatable bonds is 1. The van der Waals surface area contributed by atoms with E-state index in [9.17, 15) is 9.59 Å². The summed E-state index contributed by atoms with van der Waals surface area (Å²) in [6, 6.07) is 0. The molecule has 0 N–H and O–H groups in total. The quantitative estimate of drug-likeness (QED) is 0.208. The van der Waals surface area contributed by atoms with E-state index in [-0.39, 0.29) is 16.4 Å². The van der Waals surface area contributed by atoms with Crippen LogP contribution < -0.4 is 21.0 Å². The minimum absolute atomic E-state index is 0.0440. The third kappa shape index (κ3) is 2.10. The van der Waals surface area contributed by atoms with E-state index in [4.69, 9.17) is 5.70 Å². The molecular formula is C4H6AlBIN2O2-. The van der Waals surface area contributed by atoms with Crippen molar-refractivity contribution in [3.63, 3.8) is 0 Å². The molecule has 0 atom stereocenters. The summed E-state index contributed by atoms with van der Waals surface area (Å²) in [7, 11) is 0. The van der Waals surface area contributed by atoms with Gasteiger partial charge in [0.25, 0.3) is 0 Å². The van der Waals surface area contributed by atoms with Crippen molar-refractivity contribution < 1.29 is 30.6 Å². The molecular weight excluding hydrogens is 273 g/mol. The van der Waals surface area contributed by atoms with Crippen LogP contribution in [0.25, 0.3) is 0 Å². The number of hydrogen-bond donors (Lipinski definition) is 0. The van der Waals surface area contributed by atoms with Crippen LogP contribution in [0.1, 0.15) is 0 Å². The number of nitrogens with zero attached hydrogens (tertiary/aromatic N) is 2. The molecule has 11 heavy (non-hydrogen) atoms. The van der Waals surface area contributed by atoms with Gasteiger partial charge in [-0.05, 0) is 0 Å². The van der Waals surface area contributed by atoms with E-state index < -0.39 is 21.0 Å². The number of hydrogen-bond acceptors (Lipinski definition) is 2. The molecule has 4 nitrogen and oxygen atoms in total. The third-order valence-electron chi connectivity index (χ3n) is 1.48. The molecule has 0 bridgehead atoms. The second kappa shape index (κ2) is 3.78. The Hall–Kier alpha value is 0.267. The first-order valence-corrected chi connectivity index (χ1v) is 6.23. The normalized spacial score (nSPS) is 18.0. The van der Waals surface area contributed by atoms with Crippen molar-refractivity contribution in [2.24, 2.45) is 0 Å². The van der Waals surface area contributed by atoms with Crippen LogP contribution in [0.4, 0.5) is 4.79 Å². The molecule has 1 rings (SSSR count). The van der Waals surface area contributed by atoms with E-state index >= 15 is 0 Å².